The van der Waals surface area contributed by atoms with Crippen molar-refractivity contribution in [2.45, 2.75) is 31.9 Å². The zero-order chi connectivity index (χ0) is 13.7. The van der Waals surface area contributed by atoms with Crippen LogP contribution in [0.2, 0.25) is 0 Å². The fourth-order valence-corrected chi connectivity index (χ4v) is 2.06. The molecule has 1 amide bonds. The summed E-state index contributed by atoms with van der Waals surface area (Å²) in [5.74, 6) is -0.113. The Kier molecular flexibility index (Phi) is 6.67. The molecule has 1 fully saturated rings. The fourth-order valence-electron chi connectivity index (χ4n) is 2.06. The summed E-state index contributed by atoms with van der Waals surface area (Å²) in [5.41, 5.74) is 0.454. The third kappa shape index (κ3) is 4.94. The molecule has 112 valence electrons. The van der Waals surface area contributed by atoms with E-state index < -0.39 is 6.61 Å². The second-order valence-corrected chi connectivity index (χ2v) is 4.40. The number of ether oxygens (including phenoxy) is 1. The summed E-state index contributed by atoms with van der Waals surface area (Å²) in [6, 6.07) is 5.78. The van der Waals surface area contributed by atoms with Crippen molar-refractivity contribution in [2.24, 2.45) is 0 Å². The Labute approximate surface area is 122 Å². The van der Waals surface area contributed by atoms with Crippen LogP contribution in [0.25, 0.3) is 0 Å². The van der Waals surface area contributed by atoms with Crippen molar-refractivity contribution in [1.29, 1.82) is 0 Å². The monoisotopic (exact) mass is 306 g/mol. The zero-order valence-corrected chi connectivity index (χ0v) is 11.6. The van der Waals surface area contributed by atoms with E-state index in [9.17, 15) is 13.6 Å². The lowest BCUT2D eigenvalue weighted by atomic mass is 10.0. The minimum atomic E-state index is -2.87. The van der Waals surface area contributed by atoms with Gasteiger partial charge >= 0.3 is 6.61 Å². The molecule has 1 atom stereocenters. The summed E-state index contributed by atoms with van der Waals surface area (Å²) in [4.78, 5) is 11.9. The highest BCUT2D eigenvalue weighted by Crippen LogP contribution is 2.20. The van der Waals surface area contributed by atoms with Crippen molar-refractivity contribution in [1.82, 2.24) is 5.32 Å². The highest BCUT2D eigenvalue weighted by Gasteiger charge is 2.20. The van der Waals surface area contributed by atoms with Gasteiger partial charge in [-0.3, -0.25) is 4.79 Å². The van der Waals surface area contributed by atoms with Crippen molar-refractivity contribution < 1.29 is 18.3 Å². The highest BCUT2D eigenvalue weighted by molar-refractivity contribution is 5.95. The number of carbonyl (C=O) groups is 1. The summed E-state index contributed by atoms with van der Waals surface area (Å²) in [6.07, 6.45) is 2.88. The van der Waals surface area contributed by atoms with Gasteiger partial charge in [0.2, 0.25) is 5.91 Å². The van der Waals surface area contributed by atoms with E-state index in [-0.39, 0.29) is 30.1 Å². The number of carbonyl (C=O) groups excluding carboxylic acids is 1. The van der Waals surface area contributed by atoms with Gasteiger partial charge in [0.15, 0.2) is 0 Å². The van der Waals surface area contributed by atoms with E-state index in [1.807, 2.05) is 0 Å². The van der Waals surface area contributed by atoms with Crippen LogP contribution >= 0.6 is 12.4 Å². The average Bonchev–Trinajstić information content (AvgIpc) is 2.39. The van der Waals surface area contributed by atoms with Crippen LogP contribution in [0.1, 0.15) is 19.3 Å². The molecule has 0 saturated carbocycles. The van der Waals surface area contributed by atoms with Gasteiger partial charge in [0.25, 0.3) is 0 Å². The van der Waals surface area contributed by atoms with Crippen LogP contribution < -0.4 is 15.4 Å². The number of halogens is 3. The molecule has 1 aromatic carbocycles. The number of hydrogen-bond acceptors (Lipinski definition) is 3. The van der Waals surface area contributed by atoms with Crippen molar-refractivity contribution >= 4 is 24.0 Å². The Balaban J connectivity index is 0.00000200. The van der Waals surface area contributed by atoms with E-state index in [1.165, 1.54) is 12.1 Å². The quantitative estimate of drug-likeness (QED) is 0.899. The number of alkyl halides is 2. The van der Waals surface area contributed by atoms with E-state index in [0.29, 0.717) is 5.69 Å². The standard InChI is InChI=1S/C13H16F2N2O2.ClH/c14-13(15)19-10-5-3-4-9(8-10)17-12(18)11-6-1-2-7-16-11;/h3-5,8,11,13,16H,1-2,6-7H2,(H,17,18);1H/t11-;/m0./s1. The molecule has 20 heavy (non-hydrogen) atoms. The summed E-state index contributed by atoms with van der Waals surface area (Å²) in [5, 5.41) is 5.82. The van der Waals surface area contributed by atoms with Crippen LogP contribution in [-0.2, 0) is 4.79 Å². The van der Waals surface area contributed by atoms with Gasteiger partial charge in [-0.25, -0.2) is 0 Å². The van der Waals surface area contributed by atoms with Crippen LogP contribution in [0.15, 0.2) is 24.3 Å². The molecule has 2 rings (SSSR count). The lowest BCUT2D eigenvalue weighted by Crippen LogP contribution is -2.43. The maximum absolute atomic E-state index is 12.1. The second-order valence-electron chi connectivity index (χ2n) is 4.40. The van der Waals surface area contributed by atoms with Gasteiger partial charge in [-0.2, -0.15) is 8.78 Å². The Morgan fingerprint density at radius 2 is 2.20 bits per heavy atom. The first-order valence-corrected chi connectivity index (χ1v) is 6.24. The van der Waals surface area contributed by atoms with Gasteiger partial charge in [-0.1, -0.05) is 12.5 Å². The summed E-state index contributed by atoms with van der Waals surface area (Å²) < 4.78 is 28.5. The van der Waals surface area contributed by atoms with Gasteiger partial charge in [-0.05, 0) is 31.5 Å². The number of amides is 1. The minimum Gasteiger partial charge on any atom is -0.435 e. The fraction of sp³-hybridized carbons (Fsp3) is 0.462. The second kappa shape index (κ2) is 8.01. The highest BCUT2D eigenvalue weighted by atomic mass is 35.5. The zero-order valence-electron chi connectivity index (χ0n) is 10.8. The molecule has 1 aromatic rings. The molecule has 1 aliphatic rings. The first kappa shape index (κ1) is 16.7. The Morgan fingerprint density at radius 1 is 1.40 bits per heavy atom. The Bertz CT molecular complexity index is 440. The molecule has 0 radical (unpaired) electrons. The van der Waals surface area contributed by atoms with Crippen molar-refractivity contribution in [2.75, 3.05) is 11.9 Å². The summed E-state index contributed by atoms with van der Waals surface area (Å²) in [6.45, 7) is -2.04. The first-order valence-electron chi connectivity index (χ1n) is 6.24. The average molecular weight is 307 g/mol. The summed E-state index contributed by atoms with van der Waals surface area (Å²) in [7, 11) is 0. The molecular formula is C13H17ClF2N2O2. The molecule has 0 aliphatic carbocycles. The third-order valence-electron chi connectivity index (χ3n) is 2.95. The van der Waals surface area contributed by atoms with Crippen molar-refractivity contribution in [3.63, 3.8) is 0 Å². The smallest absolute Gasteiger partial charge is 0.387 e. The molecule has 1 heterocycles. The number of hydrogen-bond donors (Lipinski definition) is 2. The molecule has 1 saturated heterocycles. The predicted molar refractivity (Wildman–Crippen MR) is 74.6 cm³/mol. The normalized spacial score (nSPS) is 18.2. The number of nitrogens with one attached hydrogen (secondary N) is 2. The minimum absolute atomic E-state index is 0. The molecule has 0 aromatic heterocycles. The van der Waals surface area contributed by atoms with E-state index in [4.69, 9.17) is 0 Å². The third-order valence-corrected chi connectivity index (χ3v) is 2.95. The van der Waals surface area contributed by atoms with Gasteiger partial charge in [0.1, 0.15) is 5.75 Å². The molecule has 4 nitrogen and oxygen atoms in total. The van der Waals surface area contributed by atoms with Gasteiger partial charge < -0.3 is 15.4 Å². The largest absolute Gasteiger partial charge is 0.435 e. The predicted octanol–water partition coefficient (Wildman–Crippen LogP) is 2.79. The lowest BCUT2D eigenvalue weighted by Gasteiger charge is -2.22. The van der Waals surface area contributed by atoms with Gasteiger partial charge in [0.05, 0.1) is 6.04 Å². The molecular weight excluding hydrogens is 290 g/mol. The molecule has 1 aliphatic heterocycles. The molecule has 0 spiro atoms. The number of anilines is 1. The first-order chi connectivity index (χ1) is 9.15. The maximum atomic E-state index is 12.1. The summed E-state index contributed by atoms with van der Waals surface area (Å²) >= 11 is 0. The van der Waals surface area contributed by atoms with Crippen LogP contribution in [0.5, 0.6) is 5.75 Å². The van der Waals surface area contributed by atoms with Crippen molar-refractivity contribution in [3.8, 4) is 5.75 Å². The van der Waals surface area contributed by atoms with Crippen molar-refractivity contribution in [3.05, 3.63) is 24.3 Å². The van der Waals surface area contributed by atoms with E-state index >= 15 is 0 Å². The van der Waals surface area contributed by atoms with Crippen LogP contribution in [0, 0.1) is 0 Å². The van der Waals surface area contributed by atoms with E-state index in [0.717, 1.165) is 25.8 Å². The topological polar surface area (TPSA) is 50.4 Å². The SMILES string of the molecule is Cl.O=C(Nc1cccc(OC(F)F)c1)[C@@H]1CCCCN1. The lowest BCUT2D eigenvalue weighted by molar-refractivity contribution is -0.118. The Hall–Kier alpha value is -1.40. The van der Waals surface area contributed by atoms with E-state index in [2.05, 4.69) is 15.4 Å². The van der Waals surface area contributed by atoms with Crippen LogP contribution in [-0.4, -0.2) is 25.1 Å². The molecule has 0 unspecified atom stereocenters. The number of rotatable bonds is 4. The van der Waals surface area contributed by atoms with E-state index in [1.54, 1.807) is 12.1 Å². The molecule has 2 N–H and O–H groups in total. The molecule has 7 heteroatoms. The number of piperidine rings is 1. The van der Waals surface area contributed by atoms with Crippen LogP contribution in [0.3, 0.4) is 0 Å². The van der Waals surface area contributed by atoms with Gasteiger partial charge in [0, 0.05) is 11.8 Å². The number of benzene rings is 1. The van der Waals surface area contributed by atoms with Crippen LogP contribution in [0.4, 0.5) is 14.5 Å². The van der Waals surface area contributed by atoms with Gasteiger partial charge in [-0.15, -0.1) is 12.4 Å². The molecule has 0 bridgehead atoms. The Morgan fingerprint density at radius 3 is 2.85 bits per heavy atom. The maximum Gasteiger partial charge on any atom is 0.387 e.